The quantitative estimate of drug-likeness (QED) is 0.635. The van der Waals surface area contributed by atoms with E-state index in [-0.39, 0.29) is 0 Å². The highest BCUT2D eigenvalue weighted by Crippen LogP contribution is 2.36. The second kappa shape index (κ2) is 5.14. The summed E-state index contributed by atoms with van der Waals surface area (Å²) in [4.78, 5) is 0. The van der Waals surface area contributed by atoms with Crippen LogP contribution < -0.4 is 0 Å². The summed E-state index contributed by atoms with van der Waals surface area (Å²) in [5, 5.41) is 0. The predicted octanol–water partition coefficient (Wildman–Crippen LogP) is 6.00. The lowest BCUT2D eigenvalue weighted by atomic mass is 9.97. The van der Waals surface area contributed by atoms with E-state index < -0.39 is 0 Å². The van der Waals surface area contributed by atoms with E-state index in [1.807, 2.05) is 0 Å². The minimum absolute atomic E-state index is 0.555. The van der Waals surface area contributed by atoms with Gasteiger partial charge in [0, 0.05) is 0 Å². The van der Waals surface area contributed by atoms with Gasteiger partial charge in [0.05, 0.1) is 0 Å². The van der Waals surface area contributed by atoms with Gasteiger partial charge < -0.3 is 0 Å². The first-order valence-corrected chi connectivity index (χ1v) is 8.01. The zero-order chi connectivity index (χ0) is 15.1. The zero-order valence-corrected chi connectivity index (χ0v) is 13.1. The van der Waals surface area contributed by atoms with Crippen molar-refractivity contribution in [1.29, 1.82) is 0 Å². The summed E-state index contributed by atoms with van der Waals surface area (Å²) in [7, 11) is 0. The Kier molecular flexibility index (Phi) is 3.11. The van der Waals surface area contributed by atoms with Crippen molar-refractivity contribution in [2.24, 2.45) is 0 Å². The fourth-order valence-electron chi connectivity index (χ4n) is 3.51. The summed E-state index contributed by atoms with van der Waals surface area (Å²) in [5.74, 6) is 0.555. The van der Waals surface area contributed by atoms with Gasteiger partial charge in [0.2, 0.25) is 0 Å². The third-order valence-electron chi connectivity index (χ3n) is 4.84. The van der Waals surface area contributed by atoms with E-state index in [1.54, 1.807) is 0 Å². The average Bonchev–Trinajstić information content (AvgIpc) is 3.15. The Morgan fingerprint density at radius 1 is 1.05 bits per heavy atom. The normalized spacial score (nSPS) is 19.1. The van der Waals surface area contributed by atoms with Gasteiger partial charge in [-0.2, -0.15) is 0 Å². The molecule has 2 aliphatic rings. The first-order valence-electron chi connectivity index (χ1n) is 8.01. The fraction of sp³-hybridized carbons (Fsp3) is 0.182. The Balaban J connectivity index is 1.68. The Labute approximate surface area is 132 Å². The van der Waals surface area contributed by atoms with Gasteiger partial charge >= 0.3 is 0 Å². The second-order valence-corrected chi connectivity index (χ2v) is 6.34. The maximum Gasteiger partial charge on any atom is -0.000117 e. The van der Waals surface area contributed by atoms with Crippen LogP contribution in [-0.4, -0.2) is 0 Å². The van der Waals surface area contributed by atoms with Crippen LogP contribution in [-0.2, 0) is 0 Å². The minimum Gasteiger partial charge on any atom is -0.0767 e. The zero-order valence-electron chi connectivity index (χ0n) is 13.1. The van der Waals surface area contributed by atoms with Crippen LogP contribution in [0.2, 0.25) is 0 Å². The van der Waals surface area contributed by atoms with Crippen molar-refractivity contribution in [2.45, 2.75) is 26.2 Å². The molecule has 0 fully saturated rings. The molecule has 0 heteroatoms. The molecule has 0 N–H and O–H groups in total. The molecule has 2 aliphatic carbocycles. The number of fused-ring (bicyclic) bond motifs is 1. The van der Waals surface area contributed by atoms with E-state index in [2.05, 4.69) is 80.6 Å². The van der Waals surface area contributed by atoms with Gasteiger partial charge in [0.1, 0.15) is 0 Å². The van der Waals surface area contributed by atoms with Crippen LogP contribution in [0.15, 0.2) is 60.7 Å². The summed E-state index contributed by atoms with van der Waals surface area (Å²) in [6.45, 7) is 4.45. The monoisotopic (exact) mass is 284 g/mol. The Morgan fingerprint density at radius 3 is 2.77 bits per heavy atom. The lowest BCUT2D eigenvalue weighted by Gasteiger charge is -2.08. The molecule has 0 nitrogen and oxygen atoms in total. The first-order chi connectivity index (χ1) is 10.7. The molecule has 0 aromatic heterocycles. The third-order valence-corrected chi connectivity index (χ3v) is 4.84. The van der Waals surface area contributed by atoms with Crippen LogP contribution in [0.3, 0.4) is 0 Å². The molecule has 0 bridgehead atoms. The molecule has 4 rings (SSSR count). The van der Waals surface area contributed by atoms with E-state index in [9.17, 15) is 0 Å². The van der Waals surface area contributed by atoms with E-state index in [0.717, 1.165) is 6.42 Å². The maximum atomic E-state index is 2.35. The second-order valence-electron chi connectivity index (χ2n) is 6.34. The van der Waals surface area contributed by atoms with E-state index in [1.165, 1.54) is 39.0 Å². The van der Waals surface area contributed by atoms with Gasteiger partial charge in [-0.1, -0.05) is 67.6 Å². The van der Waals surface area contributed by atoms with E-state index in [4.69, 9.17) is 0 Å². The molecule has 0 aliphatic heterocycles. The van der Waals surface area contributed by atoms with Gasteiger partial charge in [0.25, 0.3) is 0 Å². The molecule has 0 spiro atoms. The van der Waals surface area contributed by atoms with Crippen molar-refractivity contribution in [1.82, 2.24) is 0 Å². The third kappa shape index (κ3) is 2.16. The smallest absolute Gasteiger partial charge is 0.000117 e. The maximum absolute atomic E-state index is 2.35. The number of hydrogen-bond donors (Lipinski definition) is 0. The van der Waals surface area contributed by atoms with E-state index in [0.29, 0.717) is 5.92 Å². The van der Waals surface area contributed by atoms with Crippen LogP contribution in [0.25, 0.3) is 17.2 Å². The predicted molar refractivity (Wildman–Crippen MR) is 95.6 cm³/mol. The molecule has 0 saturated carbocycles. The average molecular weight is 284 g/mol. The number of allylic oxidation sites excluding steroid dienone is 5. The fourth-order valence-corrected chi connectivity index (χ4v) is 3.51. The molecule has 0 heterocycles. The van der Waals surface area contributed by atoms with Crippen molar-refractivity contribution in [2.75, 3.05) is 0 Å². The molecule has 2 aromatic carbocycles. The first kappa shape index (κ1) is 13.3. The van der Waals surface area contributed by atoms with Gasteiger partial charge in [0.15, 0.2) is 0 Å². The van der Waals surface area contributed by atoms with Crippen LogP contribution in [0.1, 0.15) is 47.1 Å². The number of benzene rings is 2. The highest BCUT2D eigenvalue weighted by molar-refractivity contribution is 5.90. The summed E-state index contributed by atoms with van der Waals surface area (Å²) in [6, 6.07) is 15.5. The number of aryl methyl sites for hydroxylation is 1. The number of rotatable bonds is 2. The Bertz CT molecular complexity index is 831. The Morgan fingerprint density at radius 2 is 1.91 bits per heavy atom. The molecule has 2 aromatic rings. The van der Waals surface area contributed by atoms with Crippen LogP contribution in [0.5, 0.6) is 0 Å². The van der Waals surface area contributed by atoms with Gasteiger partial charge in [-0.25, -0.2) is 0 Å². The summed E-state index contributed by atoms with van der Waals surface area (Å²) in [6.07, 6.45) is 10.3. The van der Waals surface area contributed by atoms with Crippen LogP contribution in [0, 0.1) is 6.92 Å². The van der Waals surface area contributed by atoms with Crippen molar-refractivity contribution in [3.63, 3.8) is 0 Å². The molecule has 1 unspecified atom stereocenters. The van der Waals surface area contributed by atoms with Crippen molar-refractivity contribution >= 4 is 17.2 Å². The molecule has 0 amide bonds. The summed E-state index contributed by atoms with van der Waals surface area (Å²) in [5.41, 5.74) is 9.68. The highest BCUT2D eigenvalue weighted by atomic mass is 14.2. The molecule has 0 radical (unpaired) electrons. The van der Waals surface area contributed by atoms with Gasteiger partial charge in [-0.3, -0.25) is 0 Å². The standard InChI is InChI=1S/C22H20/c1-15-5-3-4-6-21(15)20-10-9-17(13-20)18-11-12-22-16(2)7-8-19(22)14-18/h3-9,11-14,16H,10H2,1-2H3. The van der Waals surface area contributed by atoms with Gasteiger partial charge in [-0.15, -0.1) is 0 Å². The molecule has 0 saturated heterocycles. The SMILES string of the molecule is Cc1ccccc1C1=CC(c2ccc3c(c2)C=CC3C)=CC1. The lowest BCUT2D eigenvalue weighted by Crippen LogP contribution is -1.89. The lowest BCUT2D eigenvalue weighted by molar-refractivity contribution is 0.990. The number of hydrogen-bond acceptors (Lipinski definition) is 0. The minimum atomic E-state index is 0.555. The molecule has 108 valence electrons. The highest BCUT2D eigenvalue weighted by Gasteiger charge is 2.16. The van der Waals surface area contributed by atoms with Crippen LogP contribution in [0.4, 0.5) is 0 Å². The Hall–Kier alpha value is -2.34. The van der Waals surface area contributed by atoms with Crippen molar-refractivity contribution in [3.05, 3.63) is 88.5 Å². The summed E-state index contributed by atoms with van der Waals surface area (Å²) < 4.78 is 0. The van der Waals surface area contributed by atoms with Gasteiger partial charge in [-0.05, 0) is 64.3 Å². The molecular weight excluding hydrogens is 264 g/mol. The van der Waals surface area contributed by atoms with E-state index >= 15 is 0 Å². The topological polar surface area (TPSA) is 0 Å². The van der Waals surface area contributed by atoms with Crippen LogP contribution >= 0.6 is 0 Å². The molecule has 22 heavy (non-hydrogen) atoms. The van der Waals surface area contributed by atoms with Crippen molar-refractivity contribution < 1.29 is 0 Å². The summed E-state index contributed by atoms with van der Waals surface area (Å²) >= 11 is 0. The van der Waals surface area contributed by atoms with Crippen molar-refractivity contribution in [3.8, 4) is 0 Å². The largest absolute Gasteiger partial charge is 0.0767 e. The molecule has 1 atom stereocenters. The molecular formula is C22H20.